The van der Waals surface area contributed by atoms with Crippen molar-refractivity contribution in [3.63, 3.8) is 0 Å². The van der Waals surface area contributed by atoms with Crippen molar-refractivity contribution in [1.29, 1.82) is 0 Å². The summed E-state index contributed by atoms with van der Waals surface area (Å²) in [5, 5.41) is 9.06. The molecule has 6 aromatic rings. The molecule has 0 radical (unpaired) electrons. The molecule has 0 saturated heterocycles. The van der Waals surface area contributed by atoms with Crippen molar-refractivity contribution in [3.8, 4) is 22.9 Å². The molecule has 200 valence electrons. The number of aromatic nitrogens is 2. The molecule has 0 aliphatic carbocycles. The maximum atomic E-state index is 5.98. The summed E-state index contributed by atoms with van der Waals surface area (Å²) in [6.07, 6.45) is 4.22. The van der Waals surface area contributed by atoms with Gasteiger partial charge in [-0.3, -0.25) is 0 Å². The highest BCUT2D eigenvalue weighted by molar-refractivity contribution is 6.30. The molecule has 1 aromatic heterocycles. The largest absolute Gasteiger partial charge is 0.416 e. The van der Waals surface area contributed by atoms with Crippen molar-refractivity contribution in [3.05, 3.63) is 149 Å². The van der Waals surface area contributed by atoms with Crippen LogP contribution in [0, 0.1) is 13.8 Å². The van der Waals surface area contributed by atoms with Crippen molar-refractivity contribution >= 4 is 40.8 Å². The first-order chi connectivity index (χ1) is 20.0. The number of hydrogen-bond donors (Lipinski definition) is 0. The van der Waals surface area contributed by atoms with Crippen LogP contribution in [-0.4, -0.2) is 10.2 Å². The lowest BCUT2D eigenvalue weighted by atomic mass is 10.1. The van der Waals surface area contributed by atoms with Gasteiger partial charge in [0.1, 0.15) is 0 Å². The van der Waals surface area contributed by atoms with E-state index in [-0.39, 0.29) is 0 Å². The van der Waals surface area contributed by atoms with Gasteiger partial charge in [0.2, 0.25) is 11.8 Å². The lowest BCUT2D eigenvalue weighted by Crippen LogP contribution is -2.09. The van der Waals surface area contributed by atoms with E-state index in [0.717, 1.165) is 39.3 Å². The normalized spacial score (nSPS) is 11.2. The van der Waals surface area contributed by atoms with Gasteiger partial charge in [-0.25, -0.2) is 0 Å². The Labute approximate surface area is 245 Å². The molecule has 5 heteroatoms. The Morgan fingerprint density at radius 2 is 0.878 bits per heavy atom. The topological polar surface area (TPSA) is 42.2 Å². The van der Waals surface area contributed by atoms with Gasteiger partial charge in [0.15, 0.2) is 0 Å². The Bertz CT molecular complexity index is 1720. The highest BCUT2D eigenvalue weighted by atomic mass is 35.5. The molecule has 0 aliphatic rings. The summed E-state index contributed by atoms with van der Waals surface area (Å²) < 4.78 is 5.88. The predicted molar refractivity (Wildman–Crippen MR) is 170 cm³/mol. The Hall–Kier alpha value is -4.93. The molecular weight excluding hydrogens is 526 g/mol. The average Bonchev–Trinajstić information content (AvgIpc) is 3.50. The number of halogens is 1. The zero-order chi connectivity index (χ0) is 28.2. The van der Waals surface area contributed by atoms with Crippen LogP contribution in [0.5, 0.6) is 0 Å². The molecule has 0 saturated carbocycles. The van der Waals surface area contributed by atoms with Crippen LogP contribution in [0.2, 0.25) is 5.02 Å². The van der Waals surface area contributed by atoms with Gasteiger partial charge in [-0.1, -0.05) is 83.4 Å². The SMILES string of the molecule is Cc1ccc(N(c2ccc(C)cc2)c2ccc(/C=C/c3ccc(-c4nnc(-c5ccc(Cl)cc5)o4)cc3)cc2)cc1. The van der Waals surface area contributed by atoms with Gasteiger partial charge in [0.05, 0.1) is 0 Å². The van der Waals surface area contributed by atoms with E-state index in [1.54, 1.807) is 12.1 Å². The minimum Gasteiger partial charge on any atom is -0.416 e. The van der Waals surface area contributed by atoms with Gasteiger partial charge in [-0.15, -0.1) is 10.2 Å². The second-order valence-electron chi connectivity index (χ2n) is 9.97. The third-order valence-corrected chi connectivity index (χ3v) is 7.13. The highest BCUT2D eigenvalue weighted by Gasteiger charge is 2.13. The molecule has 0 N–H and O–H groups in total. The average molecular weight is 554 g/mol. The number of anilines is 3. The minimum atomic E-state index is 0.465. The Kier molecular flexibility index (Phi) is 7.48. The van der Waals surface area contributed by atoms with Crippen LogP contribution in [-0.2, 0) is 0 Å². The summed E-state index contributed by atoms with van der Waals surface area (Å²) in [5.74, 6) is 0.945. The van der Waals surface area contributed by atoms with E-state index < -0.39 is 0 Å². The molecule has 0 fully saturated rings. The summed E-state index contributed by atoms with van der Waals surface area (Å²) in [6.45, 7) is 4.22. The van der Waals surface area contributed by atoms with Gasteiger partial charge in [0, 0.05) is 33.2 Å². The van der Waals surface area contributed by atoms with Gasteiger partial charge in [-0.05, 0) is 97.8 Å². The minimum absolute atomic E-state index is 0.465. The van der Waals surface area contributed by atoms with Crippen LogP contribution in [0.25, 0.3) is 35.1 Å². The molecule has 0 aliphatic heterocycles. The van der Waals surface area contributed by atoms with Gasteiger partial charge < -0.3 is 9.32 Å². The number of hydrogen-bond acceptors (Lipinski definition) is 4. The molecule has 5 aromatic carbocycles. The third kappa shape index (κ3) is 6.13. The Morgan fingerprint density at radius 1 is 0.512 bits per heavy atom. The molecule has 0 amide bonds. The zero-order valence-corrected chi connectivity index (χ0v) is 23.6. The van der Waals surface area contributed by atoms with Crippen LogP contribution >= 0.6 is 11.6 Å². The van der Waals surface area contributed by atoms with E-state index in [4.69, 9.17) is 16.0 Å². The molecule has 1 heterocycles. The molecule has 0 atom stereocenters. The Balaban J connectivity index is 1.18. The van der Waals surface area contributed by atoms with E-state index in [9.17, 15) is 0 Å². The number of aryl methyl sites for hydroxylation is 2. The highest BCUT2D eigenvalue weighted by Crippen LogP contribution is 2.35. The first kappa shape index (κ1) is 26.3. The van der Waals surface area contributed by atoms with E-state index in [1.807, 2.05) is 36.4 Å². The summed E-state index contributed by atoms with van der Waals surface area (Å²) >= 11 is 5.98. The quantitative estimate of drug-likeness (QED) is 0.184. The summed E-state index contributed by atoms with van der Waals surface area (Å²) in [5.41, 5.74) is 9.75. The van der Waals surface area contributed by atoms with Gasteiger partial charge in [-0.2, -0.15) is 0 Å². The number of nitrogens with zero attached hydrogens (tertiary/aromatic N) is 3. The number of rotatable bonds is 7. The molecule has 0 spiro atoms. The first-order valence-corrected chi connectivity index (χ1v) is 13.8. The fourth-order valence-corrected chi connectivity index (χ4v) is 4.67. The molecule has 0 unspecified atom stereocenters. The van der Waals surface area contributed by atoms with Gasteiger partial charge in [0.25, 0.3) is 0 Å². The monoisotopic (exact) mass is 553 g/mol. The summed E-state index contributed by atoms with van der Waals surface area (Å²) in [4.78, 5) is 2.28. The maximum Gasteiger partial charge on any atom is 0.248 e. The van der Waals surface area contributed by atoms with E-state index in [2.05, 4.69) is 114 Å². The van der Waals surface area contributed by atoms with E-state index in [1.165, 1.54) is 11.1 Å². The second kappa shape index (κ2) is 11.7. The van der Waals surface area contributed by atoms with Crippen LogP contribution in [0.4, 0.5) is 17.1 Å². The van der Waals surface area contributed by atoms with Gasteiger partial charge >= 0.3 is 0 Å². The zero-order valence-electron chi connectivity index (χ0n) is 22.8. The Morgan fingerprint density at radius 3 is 1.32 bits per heavy atom. The van der Waals surface area contributed by atoms with Crippen LogP contribution < -0.4 is 4.90 Å². The van der Waals surface area contributed by atoms with E-state index in [0.29, 0.717) is 16.8 Å². The van der Waals surface area contributed by atoms with Crippen molar-refractivity contribution in [1.82, 2.24) is 10.2 Å². The molecule has 41 heavy (non-hydrogen) atoms. The second-order valence-corrected chi connectivity index (χ2v) is 10.4. The van der Waals surface area contributed by atoms with Crippen LogP contribution in [0.3, 0.4) is 0 Å². The lowest BCUT2D eigenvalue weighted by Gasteiger charge is -2.25. The van der Waals surface area contributed by atoms with Crippen molar-refractivity contribution in [2.75, 3.05) is 4.90 Å². The van der Waals surface area contributed by atoms with E-state index >= 15 is 0 Å². The lowest BCUT2D eigenvalue weighted by molar-refractivity contribution is 0.584. The molecule has 6 rings (SSSR count). The molecule has 0 bridgehead atoms. The number of benzene rings is 5. The summed E-state index contributed by atoms with van der Waals surface area (Å²) in [7, 11) is 0. The van der Waals surface area contributed by atoms with Crippen molar-refractivity contribution < 1.29 is 4.42 Å². The van der Waals surface area contributed by atoms with Crippen LogP contribution in [0.1, 0.15) is 22.3 Å². The molecule has 4 nitrogen and oxygen atoms in total. The molecular formula is C36H28ClN3O. The fraction of sp³-hybridized carbons (Fsp3) is 0.0556. The smallest absolute Gasteiger partial charge is 0.248 e. The van der Waals surface area contributed by atoms with Crippen molar-refractivity contribution in [2.45, 2.75) is 13.8 Å². The van der Waals surface area contributed by atoms with Crippen molar-refractivity contribution in [2.24, 2.45) is 0 Å². The predicted octanol–water partition coefficient (Wildman–Crippen LogP) is 10.3. The standard InChI is InChI=1S/C36H28ClN3O/c1-25-3-19-32(20-4-25)40(33-21-5-26(2)6-22-33)34-23-11-28(12-24-34)8-7-27-9-13-29(14-10-27)35-38-39-36(41-35)30-15-17-31(37)18-16-30/h3-24H,1-2H3/b8-7+. The third-order valence-electron chi connectivity index (χ3n) is 6.88. The fourth-order valence-electron chi connectivity index (χ4n) is 4.55. The maximum absolute atomic E-state index is 5.98. The first-order valence-electron chi connectivity index (χ1n) is 13.4. The summed E-state index contributed by atoms with van der Waals surface area (Å²) in [6, 6.07) is 41.3. The van der Waals surface area contributed by atoms with Crippen LogP contribution in [0.15, 0.2) is 126 Å².